The molecule has 136 valence electrons. The highest BCUT2D eigenvalue weighted by molar-refractivity contribution is 5.96. The molecular formula is C20H19N5O2. The summed E-state index contributed by atoms with van der Waals surface area (Å²) < 4.78 is 1.64. The Labute approximate surface area is 156 Å². The van der Waals surface area contributed by atoms with Crippen LogP contribution in [-0.4, -0.2) is 26.6 Å². The second-order valence-corrected chi connectivity index (χ2v) is 6.52. The number of nitrogens with zero attached hydrogens (tertiary/aromatic N) is 3. The van der Waals surface area contributed by atoms with Crippen molar-refractivity contribution >= 4 is 23.2 Å². The number of nitrogens with one attached hydrogen (secondary N) is 2. The van der Waals surface area contributed by atoms with E-state index in [0.717, 1.165) is 16.9 Å². The first-order valence-electron chi connectivity index (χ1n) is 8.83. The van der Waals surface area contributed by atoms with Gasteiger partial charge in [-0.2, -0.15) is 5.10 Å². The molecule has 7 heteroatoms. The molecule has 2 heterocycles. The van der Waals surface area contributed by atoms with Gasteiger partial charge in [0.1, 0.15) is 12.7 Å². The first-order valence-corrected chi connectivity index (χ1v) is 8.83. The Kier molecular flexibility index (Phi) is 4.65. The van der Waals surface area contributed by atoms with Crippen LogP contribution in [0.15, 0.2) is 61.2 Å². The summed E-state index contributed by atoms with van der Waals surface area (Å²) in [6, 6.07) is 15.1. The van der Waals surface area contributed by atoms with Gasteiger partial charge in [0, 0.05) is 23.7 Å². The van der Waals surface area contributed by atoms with Gasteiger partial charge in [-0.15, -0.1) is 0 Å². The van der Waals surface area contributed by atoms with Crippen molar-refractivity contribution in [2.24, 2.45) is 5.92 Å². The van der Waals surface area contributed by atoms with Crippen LogP contribution in [0.4, 0.5) is 11.4 Å². The second kappa shape index (κ2) is 7.41. The van der Waals surface area contributed by atoms with Gasteiger partial charge >= 0.3 is 0 Å². The zero-order valence-corrected chi connectivity index (χ0v) is 14.6. The Morgan fingerprint density at radius 3 is 2.78 bits per heavy atom. The summed E-state index contributed by atoms with van der Waals surface area (Å²) in [6.07, 6.45) is 4.56. The van der Waals surface area contributed by atoms with Crippen molar-refractivity contribution in [1.29, 1.82) is 0 Å². The van der Waals surface area contributed by atoms with Gasteiger partial charge in [0.25, 0.3) is 0 Å². The average Bonchev–Trinajstić information content (AvgIpc) is 3.22. The molecule has 0 radical (unpaired) electrons. The molecule has 2 N–H and O–H groups in total. The molecule has 0 saturated carbocycles. The molecule has 3 aromatic rings. The largest absolute Gasteiger partial charge is 0.326 e. The van der Waals surface area contributed by atoms with Crippen molar-refractivity contribution in [3.05, 3.63) is 66.7 Å². The topological polar surface area (TPSA) is 88.9 Å². The van der Waals surface area contributed by atoms with Crippen molar-refractivity contribution in [3.8, 4) is 5.69 Å². The quantitative estimate of drug-likeness (QED) is 0.731. The number of anilines is 2. The molecule has 0 aliphatic carbocycles. The highest BCUT2D eigenvalue weighted by atomic mass is 16.2. The van der Waals surface area contributed by atoms with Crippen LogP contribution in [0.1, 0.15) is 18.4 Å². The van der Waals surface area contributed by atoms with Crippen molar-refractivity contribution in [2.45, 2.75) is 19.3 Å². The summed E-state index contributed by atoms with van der Waals surface area (Å²) in [6.45, 7) is 0. The Balaban J connectivity index is 1.32. The molecule has 2 aromatic carbocycles. The number of rotatable bonds is 5. The van der Waals surface area contributed by atoms with E-state index in [0.29, 0.717) is 24.9 Å². The molecule has 1 atom stereocenters. The highest BCUT2D eigenvalue weighted by Crippen LogP contribution is 2.27. The van der Waals surface area contributed by atoms with Crippen molar-refractivity contribution < 1.29 is 9.59 Å². The molecule has 0 saturated heterocycles. The molecular weight excluding hydrogens is 342 g/mol. The highest BCUT2D eigenvalue weighted by Gasteiger charge is 2.26. The summed E-state index contributed by atoms with van der Waals surface area (Å²) in [7, 11) is 0. The summed E-state index contributed by atoms with van der Waals surface area (Å²) in [5, 5.41) is 9.85. The third-order valence-electron chi connectivity index (χ3n) is 4.67. The van der Waals surface area contributed by atoms with E-state index in [1.54, 1.807) is 11.0 Å². The van der Waals surface area contributed by atoms with E-state index in [4.69, 9.17) is 0 Å². The minimum absolute atomic E-state index is 0.0151. The zero-order valence-electron chi connectivity index (χ0n) is 14.6. The molecule has 1 aliphatic heterocycles. The Bertz CT molecular complexity index is 951. The van der Waals surface area contributed by atoms with Gasteiger partial charge < -0.3 is 10.6 Å². The van der Waals surface area contributed by atoms with Crippen LogP contribution in [0, 0.1) is 5.92 Å². The van der Waals surface area contributed by atoms with E-state index in [1.807, 2.05) is 48.5 Å². The van der Waals surface area contributed by atoms with E-state index in [-0.39, 0.29) is 17.7 Å². The average molecular weight is 361 g/mol. The van der Waals surface area contributed by atoms with Crippen molar-refractivity contribution in [3.63, 3.8) is 0 Å². The van der Waals surface area contributed by atoms with Gasteiger partial charge in [-0.05, 0) is 48.7 Å². The lowest BCUT2D eigenvalue weighted by atomic mass is 9.89. The summed E-state index contributed by atoms with van der Waals surface area (Å²) in [5.41, 5.74) is 3.56. The fraction of sp³-hybridized carbons (Fsp3) is 0.200. The van der Waals surface area contributed by atoms with E-state index in [2.05, 4.69) is 20.7 Å². The van der Waals surface area contributed by atoms with E-state index >= 15 is 0 Å². The van der Waals surface area contributed by atoms with Crippen LogP contribution in [0.5, 0.6) is 0 Å². The molecule has 4 rings (SSSR count). The normalized spacial score (nSPS) is 15.7. The van der Waals surface area contributed by atoms with Crippen LogP contribution < -0.4 is 10.6 Å². The van der Waals surface area contributed by atoms with Gasteiger partial charge in [0.05, 0.1) is 5.69 Å². The van der Waals surface area contributed by atoms with Gasteiger partial charge in [-0.3, -0.25) is 9.59 Å². The maximum absolute atomic E-state index is 12.3. The van der Waals surface area contributed by atoms with Crippen LogP contribution >= 0.6 is 0 Å². The Morgan fingerprint density at radius 2 is 2.00 bits per heavy atom. The molecule has 2 amide bonds. The lowest BCUT2D eigenvalue weighted by Crippen LogP contribution is -2.30. The Hall–Kier alpha value is -3.48. The molecule has 0 spiro atoms. The number of fused-ring (bicyclic) bond motifs is 1. The predicted octanol–water partition coefficient (Wildman–Crippen LogP) is 2.80. The number of carbonyl (C=O) groups is 2. The van der Waals surface area contributed by atoms with Gasteiger partial charge in [0.2, 0.25) is 11.8 Å². The van der Waals surface area contributed by atoms with Gasteiger partial charge in [0.15, 0.2) is 0 Å². The van der Waals surface area contributed by atoms with E-state index in [1.165, 1.54) is 6.33 Å². The molecule has 27 heavy (non-hydrogen) atoms. The molecule has 1 aliphatic rings. The fourth-order valence-corrected chi connectivity index (χ4v) is 3.21. The number of hydrogen-bond acceptors (Lipinski definition) is 4. The van der Waals surface area contributed by atoms with Crippen LogP contribution in [0.2, 0.25) is 0 Å². The molecule has 0 fully saturated rings. The van der Waals surface area contributed by atoms with Crippen molar-refractivity contribution in [2.75, 3.05) is 10.6 Å². The number of amides is 2. The first-order chi connectivity index (χ1) is 13.2. The SMILES string of the molecule is O=C(CCC1Cc2ccccc2NC1=O)Nc1ccc(-n2cncn2)cc1. The summed E-state index contributed by atoms with van der Waals surface area (Å²) >= 11 is 0. The zero-order chi connectivity index (χ0) is 18.6. The van der Waals surface area contributed by atoms with Crippen LogP contribution in [-0.2, 0) is 16.0 Å². The number of benzene rings is 2. The van der Waals surface area contributed by atoms with Crippen molar-refractivity contribution in [1.82, 2.24) is 14.8 Å². The molecule has 1 unspecified atom stereocenters. The smallest absolute Gasteiger partial charge is 0.227 e. The van der Waals surface area contributed by atoms with Crippen LogP contribution in [0.3, 0.4) is 0 Å². The van der Waals surface area contributed by atoms with Gasteiger partial charge in [-0.25, -0.2) is 9.67 Å². The first kappa shape index (κ1) is 17.0. The third kappa shape index (κ3) is 3.87. The number of aromatic nitrogens is 3. The fourth-order valence-electron chi connectivity index (χ4n) is 3.21. The number of hydrogen-bond donors (Lipinski definition) is 2. The maximum atomic E-state index is 12.3. The molecule has 7 nitrogen and oxygen atoms in total. The predicted molar refractivity (Wildman–Crippen MR) is 101 cm³/mol. The lowest BCUT2D eigenvalue weighted by molar-refractivity contribution is -0.121. The molecule has 0 bridgehead atoms. The molecule has 1 aromatic heterocycles. The number of para-hydroxylation sites is 1. The summed E-state index contributed by atoms with van der Waals surface area (Å²) in [4.78, 5) is 28.4. The monoisotopic (exact) mass is 361 g/mol. The van der Waals surface area contributed by atoms with E-state index < -0.39 is 0 Å². The number of carbonyl (C=O) groups excluding carboxylic acids is 2. The maximum Gasteiger partial charge on any atom is 0.227 e. The van der Waals surface area contributed by atoms with Crippen LogP contribution in [0.25, 0.3) is 5.69 Å². The third-order valence-corrected chi connectivity index (χ3v) is 4.67. The summed E-state index contributed by atoms with van der Waals surface area (Å²) in [5.74, 6) is -0.297. The van der Waals surface area contributed by atoms with Gasteiger partial charge in [-0.1, -0.05) is 18.2 Å². The Morgan fingerprint density at radius 1 is 1.19 bits per heavy atom. The van der Waals surface area contributed by atoms with E-state index in [9.17, 15) is 9.59 Å². The lowest BCUT2D eigenvalue weighted by Gasteiger charge is -2.24. The minimum Gasteiger partial charge on any atom is -0.326 e. The second-order valence-electron chi connectivity index (χ2n) is 6.52. The minimum atomic E-state index is -0.180. The standard InChI is InChI=1S/C20H19N5O2/c26-19(23-16-6-8-17(9-7-16)25-13-21-12-22-25)10-5-15-11-14-3-1-2-4-18(14)24-20(15)27/h1-4,6-9,12-13,15H,5,10-11H2,(H,23,26)(H,24,27).